The Bertz CT molecular complexity index is 584. The molecule has 2 aromatic rings. The van der Waals surface area contributed by atoms with Gasteiger partial charge < -0.3 is 14.8 Å². The zero-order valence-electron chi connectivity index (χ0n) is 13.1. The van der Waals surface area contributed by atoms with Crippen molar-refractivity contribution in [3.8, 4) is 5.75 Å². The predicted octanol–water partition coefficient (Wildman–Crippen LogP) is 3.99. The molecular formula is C17H24N2O2. The number of fused-ring (bicyclic) bond motifs is 1. The molecule has 0 aliphatic rings. The number of nitrogens with one attached hydrogen (secondary N) is 1. The monoisotopic (exact) mass is 288 g/mol. The summed E-state index contributed by atoms with van der Waals surface area (Å²) in [6, 6.07) is 8.10. The van der Waals surface area contributed by atoms with E-state index < -0.39 is 0 Å². The highest BCUT2D eigenvalue weighted by Crippen LogP contribution is 2.25. The summed E-state index contributed by atoms with van der Waals surface area (Å²) in [4.78, 5) is 4.73. The van der Waals surface area contributed by atoms with Crippen LogP contribution < -0.4 is 10.1 Å². The van der Waals surface area contributed by atoms with Crippen LogP contribution in [0.1, 0.15) is 32.3 Å². The highest BCUT2D eigenvalue weighted by molar-refractivity contribution is 5.83. The lowest BCUT2D eigenvalue weighted by molar-refractivity contribution is 0.122. The van der Waals surface area contributed by atoms with Crippen LogP contribution in [-0.4, -0.2) is 25.2 Å². The number of nitrogens with zero attached hydrogens (tertiary/aromatic N) is 1. The van der Waals surface area contributed by atoms with Crippen LogP contribution in [-0.2, 0) is 11.3 Å². The molecular weight excluding hydrogens is 264 g/mol. The van der Waals surface area contributed by atoms with E-state index in [1.54, 1.807) is 7.11 Å². The van der Waals surface area contributed by atoms with Crippen LogP contribution in [0.4, 0.5) is 5.82 Å². The number of hydrogen-bond acceptors (Lipinski definition) is 4. The Balaban J connectivity index is 2.33. The minimum absolute atomic E-state index is 0.592. The van der Waals surface area contributed by atoms with Crippen LogP contribution in [0.25, 0.3) is 10.9 Å². The Morgan fingerprint density at radius 3 is 2.71 bits per heavy atom. The molecule has 0 amide bonds. The summed E-state index contributed by atoms with van der Waals surface area (Å²) >= 11 is 0. The van der Waals surface area contributed by atoms with Gasteiger partial charge in [-0.25, -0.2) is 4.98 Å². The summed E-state index contributed by atoms with van der Waals surface area (Å²) < 4.78 is 10.9. The second-order valence-electron chi connectivity index (χ2n) is 5.03. The largest absolute Gasteiger partial charge is 0.497 e. The molecule has 0 saturated heterocycles. The first-order valence-corrected chi connectivity index (χ1v) is 7.57. The Morgan fingerprint density at radius 2 is 2.00 bits per heavy atom. The van der Waals surface area contributed by atoms with Gasteiger partial charge in [0.15, 0.2) is 0 Å². The van der Waals surface area contributed by atoms with Crippen LogP contribution in [0.15, 0.2) is 24.3 Å². The molecule has 0 atom stereocenters. The van der Waals surface area contributed by atoms with Crippen LogP contribution in [0.2, 0.25) is 0 Å². The minimum atomic E-state index is 0.592. The lowest BCUT2D eigenvalue weighted by Gasteiger charge is -2.13. The van der Waals surface area contributed by atoms with Crippen molar-refractivity contribution >= 4 is 16.7 Å². The van der Waals surface area contributed by atoms with E-state index in [2.05, 4.69) is 25.2 Å². The lowest BCUT2D eigenvalue weighted by atomic mass is 10.1. The fourth-order valence-corrected chi connectivity index (χ4v) is 2.15. The summed E-state index contributed by atoms with van der Waals surface area (Å²) in [7, 11) is 1.67. The first kappa shape index (κ1) is 15.6. The molecule has 0 spiro atoms. The van der Waals surface area contributed by atoms with Gasteiger partial charge in [-0.3, -0.25) is 0 Å². The molecule has 1 N–H and O–H groups in total. The van der Waals surface area contributed by atoms with E-state index in [0.29, 0.717) is 6.61 Å². The van der Waals surface area contributed by atoms with E-state index in [4.69, 9.17) is 14.5 Å². The number of methoxy groups -OCH3 is 1. The molecule has 0 fully saturated rings. The van der Waals surface area contributed by atoms with Crippen molar-refractivity contribution in [3.05, 3.63) is 29.8 Å². The van der Waals surface area contributed by atoms with Gasteiger partial charge in [-0.1, -0.05) is 13.8 Å². The van der Waals surface area contributed by atoms with Gasteiger partial charge in [-0.05, 0) is 31.0 Å². The van der Waals surface area contributed by atoms with E-state index in [0.717, 1.165) is 54.0 Å². The number of ether oxygens (including phenoxy) is 2. The summed E-state index contributed by atoms with van der Waals surface area (Å²) in [6.45, 7) is 6.53. The average Bonchev–Trinajstić information content (AvgIpc) is 2.52. The Hall–Kier alpha value is -1.81. The zero-order chi connectivity index (χ0) is 15.1. The first-order chi connectivity index (χ1) is 10.3. The van der Waals surface area contributed by atoms with E-state index in [1.807, 2.05) is 18.2 Å². The second-order valence-corrected chi connectivity index (χ2v) is 5.03. The topological polar surface area (TPSA) is 43.4 Å². The van der Waals surface area contributed by atoms with Crippen molar-refractivity contribution in [2.75, 3.05) is 25.6 Å². The van der Waals surface area contributed by atoms with E-state index >= 15 is 0 Å². The number of anilines is 1. The van der Waals surface area contributed by atoms with Crippen molar-refractivity contribution in [3.63, 3.8) is 0 Å². The number of aromatic nitrogens is 1. The summed E-state index contributed by atoms with van der Waals surface area (Å²) in [5.41, 5.74) is 2.04. The van der Waals surface area contributed by atoms with Gasteiger partial charge in [-0.2, -0.15) is 0 Å². The van der Waals surface area contributed by atoms with Gasteiger partial charge >= 0.3 is 0 Å². The van der Waals surface area contributed by atoms with Gasteiger partial charge in [0.2, 0.25) is 0 Å². The maximum absolute atomic E-state index is 5.68. The molecule has 0 bridgehead atoms. The molecule has 0 unspecified atom stereocenters. The van der Waals surface area contributed by atoms with Gasteiger partial charge in [0, 0.05) is 30.2 Å². The van der Waals surface area contributed by atoms with Crippen molar-refractivity contribution in [1.82, 2.24) is 4.98 Å². The fourth-order valence-electron chi connectivity index (χ4n) is 2.15. The van der Waals surface area contributed by atoms with E-state index in [1.165, 1.54) is 0 Å². The van der Waals surface area contributed by atoms with Crippen LogP contribution >= 0.6 is 0 Å². The minimum Gasteiger partial charge on any atom is -0.497 e. The number of hydrogen-bond donors (Lipinski definition) is 1. The molecule has 4 nitrogen and oxygen atoms in total. The number of benzene rings is 1. The Morgan fingerprint density at radius 1 is 1.14 bits per heavy atom. The first-order valence-electron chi connectivity index (χ1n) is 7.57. The molecule has 4 heteroatoms. The Kier molecular flexibility index (Phi) is 5.81. The third-order valence-corrected chi connectivity index (χ3v) is 3.25. The highest BCUT2D eigenvalue weighted by Gasteiger charge is 2.08. The maximum atomic E-state index is 5.68. The predicted molar refractivity (Wildman–Crippen MR) is 87.0 cm³/mol. The molecule has 0 radical (unpaired) electrons. The lowest BCUT2D eigenvalue weighted by Crippen LogP contribution is -2.07. The van der Waals surface area contributed by atoms with Crippen LogP contribution in [0.3, 0.4) is 0 Å². The average molecular weight is 288 g/mol. The number of pyridine rings is 1. The van der Waals surface area contributed by atoms with Crippen molar-refractivity contribution in [2.45, 2.75) is 33.3 Å². The third kappa shape index (κ3) is 4.08. The fraction of sp³-hybridized carbons (Fsp3) is 0.471. The number of rotatable bonds is 8. The standard InChI is InChI=1S/C17H24N2O2/c1-4-8-18-17-14(12-21-9-5-2)10-13-6-7-15(20-3)11-16(13)19-17/h6-7,10-11H,4-5,8-9,12H2,1-3H3,(H,18,19). The van der Waals surface area contributed by atoms with Gasteiger partial charge in [0.1, 0.15) is 11.6 Å². The molecule has 0 saturated carbocycles. The molecule has 1 aromatic heterocycles. The molecule has 114 valence electrons. The van der Waals surface area contributed by atoms with Crippen LogP contribution in [0, 0.1) is 0 Å². The second kappa shape index (κ2) is 7.84. The summed E-state index contributed by atoms with van der Waals surface area (Å²) in [5.74, 6) is 1.74. The summed E-state index contributed by atoms with van der Waals surface area (Å²) in [5, 5.41) is 4.49. The van der Waals surface area contributed by atoms with Gasteiger partial charge in [-0.15, -0.1) is 0 Å². The van der Waals surface area contributed by atoms with E-state index in [-0.39, 0.29) is 0 Å². The third-order valence-electron chi connectivity index (χ3n) is 3.25. The SMILES string of the molecule is CCCNc1nc2cc(OC)ccc2cc1COCCC. The molecule has 21 heavy (non-hydrogen) atoms. The molecule has 1 aromatic carbocycles. The quantitative estimate of drug-likeness (QED) is 0.746. The van der Waals surface area contributed by atoms with Crippen molar-refractivity contribution < 1.29 is 9.47 Å². The smallest absolute Gasteiger partial charge is 0.132 e. The van der Waals surface area contributed by atoms with Gasteiger partial charge in [0.25, 0.3) is 0 Å². The maximum Gasteiger partial charge on any atom is 0.132 e. The van der Waals surface area contributed by atoms with Crippen molar-refractivity contribution in [1.29, 1.82) is 0 Å². The van der Waals surface area contributed by atoms with Crippen LogP contribution in [0.5, 0.6) is 5.75 Å². The van der Waals surface area contributed by atoms with Gasteiger partial charge in [0.05, 0.1) is 19.2 Å². The zero-order valence-corrected chi connectivity index (χ0v) is 13.1. The molecule has 0 aliphatic carbocycles. The summed E-state index contributed by atoms with van der Waals surface area (Å²) in [6.07, 6.45) is 2.09. The van der Waals surface area contributed by atoms with Crippen molar-refractivity contribution in [2.24, 2.45) is 0 Å². The molecule has 1 heterocycles. The molecule has 2 rings (SSSR count). The van der Waals surface area contributed by atoms with E-state index in [9.17, 15) is 0 Å². The molecule has 0 aliphatic heterocycles. The highest BCUT2D eigenvalue weighted by atomic mass is 16.5. The normalized spacial score (nSPS) is 10.8. The Labute approximate surface area is 126 Å².